The van der Waals surface area contributed by atoms with E-state index >= 15 is 0 Å². The highest BCUT2D eigenvalue weighted by molar-refractivity contribution is 5.80. The fourth-order valence-electron chi connectivity index (χ4n) is 4.22. The molecule has 4 atom stereocenters. The van der Waals surface area contributed by atoms with Crippen LogP contribution in [-0.4, -0.2) is 29.9 Å². The van der Waals surface area contributed by atoms with E-state index < -0.39 is 0 Å². The van der Waals surface area contributed by atoms with Crippen molar-refractivity contribution in [2.75, 3.05) is 13.1 Å². The molecule has 3 nitrogen and oxygen atoms in total. The molecule has 0 aromatic heterocycles. The number of carbonyl (C=O) groups is 1. The molecular formula is C14H24N2O. The predicted molar refractivity (Wildman–Crippen MR) is 67.3 cm³/mol. The van der Waals surface area contributed by atoms with E-state index in [0.717, 1.165) is 25.3 Å². The molecule has 1 heterocycles. The quantitative estimate of drug-likeness (QED) is 0.794. The molecule has 0 radical (unpaired) electrons. The number of hydrogen-bond acceptors (Lipinski definition) is 2. The van der Waals surface area contributed by atoms with E-state index in [1.54, 1.807) is 0 Å². The van der Waals surface area contributed by atoms with Crippen LogP contribution >= 0.6 is 0 Å². The Labute approximate surface area is 104 Å². The van der Waals surface area contributed by atoms with Gasteiger partial charge in [0.2, 0.25) is 5.91 Å². The summed E-state index contributed by atoms with van der Waals surface area (Å²) in [5, 5.41) is 0. The standard InChI is InChI=1S/C14H24N2O/c15-8-11-3-1-2-4-13(11)14(17)16-9-10-5-6-12(16)7-10/h10-13H,1-9,15H2. The van der Waals surface area contributed by atoms with Gasteiger partial charge in [-0.2, -0.15) is 0 Å². The first kappa shape index (κ1) is 11.5. The molecule has 2 N–H and O–H groups in total. The second-order valence-corrected chi connectivity index (χ2v) is 6.21. The highest BCUT2D eigenvalue weighted by Gasteiger charge is 2.43. The maximum Gasteiger partial charge on any atom is 0.226 e. The molecule has 2 aliphatic carbocycles. The summed E-state index contributed by atoms with van der Waals surface area (Å²) in [6, 6.07) is 0.577. The van der Waals surface area contributed by atoms with E-state index in [4.69, 9.17) is 5.73 Å². The number of hydrogen-bond donors (Lipinski definition) is 1. The Hall–Kier alpha value is -0.570. The SMILES string of the molecule is NCC1CCCCC1C(=O)N1CC2CCC1C2. The molecule has 4 unspecified atom stereocenters. The average molecular weight is 236 g/mol. The molecule has 0 aromatic rings. The first-order valence-corrected chi connectivity index (χ1v) is 7.30. The summed E-state index contributed by atoms with van der Waals surface area (Å²) < 4.78 is 0. The van der Waals surface area contributed by atoms with Gasteiger partial charge in [0.25, 0.3) is 0 Å². The molecule has 3 aliphatic rings. The topological polar surface area (TPSA) is 46.3 Å². The van der Waals surface area contributed by atoms with Gasteiger partial charge in [-0.25, -0.2) is 0 Å². The molecule has 0 spiro atoms. The second-order valence-electron chi connectivity index (χ2n) is 6.21. The van der Waals surface area contributed by atoms with E-state index in [1.807, 2.05) is 0 Å². The molecule has 1 saturated heterocycles. The van der Waals surface area contributed by atoms with E-state index in [1.165, 1.54) is 32.1 Å². The largest absolute Gasteiger partial charge is 0.339 e. The molecule has 3 heteroatoms. The summed E-state index contributed by atoms with van der Waals surface area (Å²) >= 11 is 0. The van der Waals surface area contributed by atoms with Gasteiger partial charge in [-0.15, -0.1) is 0 Å². The Morgan fingerprint density at radius 1 is 1.18 bits per heavy atom. The van der Waals surface area contributed by atoms with Crippen molar-refractivity contribution in [1.82, 2.24) is 4.90 Å². The van der Waals surface area contributed by atoms with Gasteiger partial charge in [0.15, 0.2) is 0 Å². The third-order valence-corrected chi connectivity index (χ3v) is 5.22. The van der Waals surface area contributed by atoms with Crippen molar-refractivity contribution >= 4 is 5.91 Å². The zero-order chi connectivity index (χ0) is 11.8. The Morgan fingerprint density at radius 3 is 2.65 bits per heavy atom. The van der Waals surface area contributed by atoms with Crippen LogP contribution in [0.2, 0.25) is 0 Å². The third kappa shape index (κ3) is 1.99. The summed E-state index contributed by atoms with van der Waals surface area (Å²) in [6.07, 6.45) is 8.58. The molecule has 3 rings (SSSR count). The van der Waals surface area contributed by atoms with Crippen LogP contribution in [0.1, 0.15) is 44.9 Å². The van der Waals surface area contributed by atoms with Crippen molar-refractivity contribution in [3.63, 3.8) is 0 Å². The molecule has 3 fully saturated rings. The van der Waals surface area contributed by atoms with Crippen molar-refractivity contribution in [3.8, 4) is 0 Å². The van der Waals surface area contributed by atoms with Crippen LogP contribution in [0.5, 0.6) is 0 Å². The lowest BCUT2D eigenvalue weighted by molar-refractivity contribution is -0.140. The number of amides is 1. The van der Waals surface area contributed by atoms with E-state index in [0.29, 0.717) is 24.4 Å². The normalized spacial score (nSPS) is 40.9. The Morgan fingerprint density at radius 2 is 2.00 bits per heavy atom. The minimum atomic E-state index is 0.244. The van der Waals surface area contributed by atoms with Crippen LogP contribution in [0.15, 0.2) is 0 Å². The maximum atomic E-state index is 12.6. The fraction of sp³-hybridized carbons (Fsp3) is 0.929. The Bertz CT molecular complexity index is 305. The smallest absolute Gasteiger partial charge is 0.226 e. The lowest BCUT2D eigenvalue weighted by Gasteiger charge is -2.36. The first-order chi connectivity index (χ1) is 8.29. The minimum Gasteiger partial charge on any atom is -0.339 e. The van der Waals surface area contributed by atoms with Crippen molar-refractivity contribution in [2.24, 2.45) is 23.5 Å². The highest BCUT2D eigenvalue weighted by atomic mass is 16.2. The highest BCUT2D eigenvalue weighted by Crippen LogP contribution is 2.40. The number of carbonyl (C=O) groups excluding carboxylic acids is 1. The number of rotatable bonds is 2. The molecule has 0 aromatic carbocycles. The van der Waals surface area contributed by atoms with E-state index in [9.17, 15) is 4.79 Å². The van der Waals surface area contributed by atoms with Crippen LogP contribution in [0.3, 0.4) is 0 Å². The molecule has 2 bridgehead atoms. The van der Waals surface area contributed by atoms with Gasteiger partial charge in [0, 0.05) is 18.5 Å². The zero-order valence-corrected chi connectivity index (χ0v) is 10.6. The predicted octanol–water partition coefficient (Wildman–Crippen LogP) is 1.76. The van der Waals surface area contributed by atoms with Gasteiger partial charge < -0.3 is 10.6 Å². The van der Waals surface area contributed by atoms with Crippen molar-refractivity contribution in [3.05, 3.63) is 0 Å². The number of fused-ring (bicyclic) bond motifs is 2. The Balaban J connectivity index is 1.68. The van der Waals surface area contributed by atoms with Crippen LogP contribution < -0.4 is 5.73 Å². The van der Waals surface area contributed by atoms with Crippen molar-refractivity contribution in [2.45, 2.75) is 51.0 Å². The number of piperidine rings is 1. The van der Waals surface area contributed by atoms with Crippen molar-refractivity contribution in [1.29, 1.82) is 0 Å². The zero-order valence-electron chi connectivity index (χ0n) is 10.6. The fourth-order valence-corrected chi connectivity index (χ4v) is 4.22. The maximum absolute atomic E-state index is 12.6. The third-order valence-electron chi connectivity index (χ3n) is 5.22. The summed E-state index contributed by atoms with van der Waals surface area (Å²) in [5.74, 6) is 1.94. The first-order valence-electron chi connectivity index (χ1n) is 7.30. The lowest BCUT2D eigenvalue weighted by Crippen LogP contribution is -2.45. The van der Waals surface area contributed by atoms with E-state index in [2.05, 4.69) is 4.90 Å². The number of nitrogens with two attached hydrogens (primary N) is 1. The van der Waals surface area contributed by atoms with Gasteiger partial charge in [0.05, 0.1) is 0 Å². The number of likely N-dealkylation sites (tertiary alicyclic amines) is 1. The lowest BCUT2D eigenvalue weighted by atomic mass is 9.78. The molecular weight excluding hydrogens is 212 g/mol. The molecule has 1 aliphatic heterocycles. The summed E-state index contributed by atoms with van der Waals surface area (Å²) in [4.78, 5) is 14.8. The molecule has 17 heavy (non-hydrogen) atoms. The van der Waals surface area contributed by atoms with Crippen LogP contribution in [0.4, 0.5) is 0 Å². The van der Waals surface area contributed by atoms with Crippen LogP contribution in [0.25, 0.3) is 0 Å². The summed E-state index contributed by atoms with van der Waals surface area (Å²) in [7, 11) is 0. The van der Waals surface area contributed by atoms with Crippen LogP contribution in [0, 0.1) is 17.8 Å². The van der Waals surface area contributed by atoms with Crippen molar-refractivity contribution < 1.29 is 4.79 Å². The van der Waals surface area contributed by atoms with Crippen LogP contribution in [-0.2, 0) is 4.79 Å². The molecule has 2 saturated carbocycles. The van der Waals surface area contributed by atoms with E-state index in [-0.39, 0.29) is 5.92 Å². The second kappa shape index (κ2) is 4.60. The monoisotopic (exact) mass is 236 g/mol. The minimum absolute atomic E-state index is 0.244. The molecule has 1 amide bonds. The average Bonchev–Trinajstić information content (AvgIpc) is 3.00. The molecule has 96 valence electrons. The van der Waals surface area contributed by atoms with Gasteiger partial charge in [-0.05, 0) is 50.5 Å². The van der Waals surface area contributed by atoms with Gasteiger partial charge in [0.1, 0.15) is 0 Å². The Kier molecular flexibility index (Phi) is 3.12. The van der Waals surface area contributed by atoms with Gasteiger partial charge in [-0.3, -0.25) is 4.79 Å². The number of nitrogens with zero attached hydrogens (tertiary/aromatic N) is 1. The van der Waals surface area contributed by atoms with Gasteiger partial charge >= 0.3 is 0 Å². The summed E-state index contributed by atoms with van der Waals surface area (Å²) in [6.45, 7) is 1.73. The summed E-state index contributed by atoms with van der Waals surface area (Å²) in [5.41, 5.74) is 5.84. The van der Waals surface area contributed by atoms with Gasteiger partial charge in [-0.1, -0.05) is 12.8 Å².